The molecule has 1 saturated heterocycles. The zero-order valence-electron chi connectivity index (χ0n) is 8.47. The van der Waals surface area contributed by atoms with Crippen LogP contribution in [0.2, 0.25) is 0 Å². The summed E-state index contributed by atoms with van der Waals surface area (Å²) >= 11 is 0. The predicted octanol–water partition coefficient (Wildman–Crippen LogP) is -0.691. The maximum atomic E-state index is 11.7. The standard InChI is InChI=1S/C10H11N3O3/c11-9(14)7-2-1-3-12-8(7)10(15)13-6-4-16-5-6/h1-3,6H,4-5H2,(H2,11,14)(H,13,15). The number of amides is 2. The van der Waals surface area contributed by atoms with Crippen LogP contribution >= 0.6 is 0 Å². The van der Waals surface area contributed by atoms with Crippen LogP contribution in [-0.4, -0.2) is 36.1 Å². The van der Waals surface area contributed by atoms with Crippen LogP contribution in [-0.2, 0) is 4.74 Å². The molecule has 16 heavy (non-hydrogen) atoms. The van der Waals surface area contributed by atoms with E-state index in [0.29, 0.717) is 13.2 Å². The van der Waals surface area contributed by atoms with Gasteiger partial charge >= 0.3 is 0 Å². The smallest absolute Gasteiger partial charge is 0.271 e. The third-order valence-corrected chi connectivity index (χ3v) is 2.26. The van der Waals surface area contributed by atoms with Crippen LogP contribution in [0, 0.1) is 0 Å². The number of hydrogen-bond acceptors (Lipinski definition) is 4. The Morgan fingerprint density at radius 2 is 2.25 bits per heavy atom. The Hall–Kier alpha value is -1.95. The quantitative estimate of drug-likeness (QED) is 0.706. The van der Waals surface area contributed by atoms with Crippen LogP contribution in [0.4, 0.5) is 0 Å². The molecule has 2 rings (SSSR count). The molecule has 84 valence electrons. The molecule has 2 amide bonds. The average molecular weight is 221 g/mol. The van der Waals surface area contributed by atoms with Gasteiger partial charge in [0.15, 0.2) is 0 Å². The SMILES string of the molecule is NC(=O)c1cccnc1C(=O)NC1COC1. The first-order chi connectivity index (χ1) is 7.68. The number of pyridine rings is 1. The van der Waals surface area contributed by atoms with Crippen LogP contribution < -0.4 is 11.1 Å². The summed E-state index contributed by atoms with van der Waals surface area (Å²) in [6.07, 6.45) is 1.44. The van der Waals surface area contributed by atoms with Crippen LogP contribution in [0.15, 0.2) is 18.3 Å². The molecule has 0 bridgehead atoms. The molecule has 3 N–H and O–H groups in total. The summed E-state index contributed by atoms with van der Waals surface area (Å²) in [6.45, 7) is 0.981. The third kappa shape index (κ3) is 2.01. The molecule has 1 aliphatic heterocycles. The van der Waals surface area contributed by atoms with Crippen molar-refractivity contribution in [3.63, 3.8) is 0 Å². The Morgan fingerprint density at radius 3 is 2.81 bits per heavy atom. The molecule has 6 heteroatoms. The van der Waals surface area contributed by atoms with Gasteiger partial charge in [-0.1, -0.05) is 0 Å². The van der Waals surface area contributed by atoms with Crippen molar-refractivity contribution >= 4 is 11.8 Å². The van der Waals surface area contributed by atoms with Crippen molar-refractivity contribution in [2.24, 2.45) is 5.73 Å². The number of primary amides is 1. The van der Waals surface area contributed by atoms with E-state index in [2.05, 4.69) is 10.3 Å². The molecule has 0 spiro atoms. The van der Waals surface area contributed by atoms with E-state index in [-0.39, 0.29) is 17.3 Å². The summed E-state index contributed by atoms with van der Waals surface area (Å²) < 4.78 is 4.92. The fraction of sp³-hybridized carbons (Fsp3) is 0.300. The highest BCUT2D eigenvalue weighted by molar-refractivity contribution is 6.05. The lowest BCUT2D eigenvalue weighted by molar-refractivity contribution is -0.00356. The molecular weight excluding hydrogens is 210 g/mol. The molecular formula is C10H11N3O3. The zero-order valence-corrected chi connectivity index (χ0v) is 8.47. The summed E-state index contributed by atoms with van der Waals surface area (Å²) in [6, 6.07) is 3.03. The lowest BCUT2D eigenvalue weighted by Crippen LogP contribution is -2.49. The monoisotopic (exact) mass is 221 g/mol. The van der Waals surface area contributed by atoms with Crippen molar-refractivity contribution in [1.82, 2.24) is 10.3 Å². The molecule has 0 unspecified atom stereocenters. The largest absolute Gasteiger partial charge is 0.377 e. The first-order valence-electron chi connectivity index (χ1n) is 4.82. The molecule has 2 heterocycles. The van der Waals surface area contributed by atoms with E-state index in [1.165, 1.54) is 12.3 Å². The lowest BCUT2D eigenvalue weighted by atomic mass is 10.1. The minimum Gasteiger partial charge on any atom is -0.377 e. The Morgan fingerprint density at radius 1 is 1.50 bits per heavy atom. The van der Waals surface area contributed by atoms with Crippen LogP contribution in [0.5, 0.6) is 0 Å². The van der Waals surface area contributed by atoms with Gasteiger partial charge in [0.2, 0.25) is 0 Å². The van der Waals surface area contributed by atoms with E-state index in [1.807, 2.05) is 0 Å². The van der Waals surface area contributed by atoms with Gasteiger partial charge in [-0.3, -0.25) is 14.6 Å². The number of rotatable bonds is 3. The van der Waals surface area contributed by atoms with Gasteiger partial charge in [-0.25, -0.2) is 0 Å². The van der Waals surface area contributed by atoms with E-state index in [0.717, 1.165) is 0 Å². The molecule has 0 aromatic carbocycles. The van der Waals surface area contributed by atoms with Gasteiger partial charge in [0.25, 0.3) is 11.8 Å². The van der Waals surface area contributed by atoms with Crippen molar-refractivity contribution in [1.29, 1.82) is 0 Å². The van der Waals surface area contributed by atoms with Crippen molar-refractivity contribution in [2.45, 2.75) is 6.04 Å². The van der Waals surface area contributed by atoms with Gasteiger partial charge in [0.05, 0.1) is 24.8 Å². The number of hydrogen-bond donors (Lipinski definition) is 2. The number of nitrogens with two attached hydrogens (primary N) is 1. The van der Waals surface area contributed by atoms with Crippen LogP contribution in [0.1, 0.15) is 20.8 Å². The summed E-state index contributed by atoms with van der Waals surface area (Å²) in [7, 11) is 0. The Labute approximate surface area is 91.8 Å². The second-order valence-corrected chi connectivity index (χ2v) is 3.47. The molecule has 1 fully saturated rings. The van der Waals surface area contributed by atoms with Crippen molar-refractivity contribution in [3.05, 3.63) is 29.6 Å². The maximum Gasteiger partial charge on any atom is 0.271 e. The fourth-order valence-electron chi connectivity index (χ4n) is 1.36. The predicted molar refractivity (Wildman–Crippen MR) is 54.8 cm³/mol. The van der Waals surface area contributed by atoms with E-state index in [1.54, 1.807) is 6.07 Å². The van der Waals surface area contributed by atoms with E-state index in [9.17, 15) is 9.59 Å². The first kappa shape index (κ1) is 10.6. The third-order valence-electron chi connectivity index (χ3n) is 2.26. The minimum absolute atomic E-state index is 0.00441. The van der Waals surface area contributed by atoms with Crippen molar-refractivity contribution < 1.29 is 14.3 Å². The first-order valence-corrected chi connectivity index (χ1v) is 4.82. The van der Waals surface area contributed by atoms with Crippen LogP contribution in [0.25, 0.3) is 0 Å². The van der Waals surface area contributed by atoms with Gasteiger partial charge in [-0.2, -0.15) is 0 Å². The molecule has 6 nitrogen and oxygen atoms in total. The molecule has 1 aliphatic rings. The lowest BCUT2D eigenvalue weighted by Gasteiger charge is -2.26. The second kappa shape index (κ2) is 4.28. The van der Waals surface area contributed by atoms with Gasteiger partial charge in [-0.05, 0) is 12.1 Å². The zero-order chi connectivity index (χ0) is 11.5. The van der Waals surface area contributed by atoms with Gasteiger partial charge in [0, 0.05) is 6.20 Å². The Bertz CT molecular complexity index is 429. The molecule has 0 radical (unpaired) electrons. The molecule has 0 aliphatic carbocycles. The number of nitrogens with one attached hydrogen (secondary N) is 1. The van der Waals surface area contributed by atoms with Crippen molar-refractivity contribution in [2.75, 3.05) is 13.2 Å². The maximum absolute atomic E-state index is 11.7. The topological polar surface area (TPSA) is 94.3 Å². The Kier molecular flexibility index (Phi) is 2.82. The molecule has 1 aromatic heterocycles. The van der Waals surface area contributed by atoms with Crippen LogP contribution in [0.3, 0.4) is 0 Å². The average Bonchev–Trinajstić information content (AvgIpc) is 2.23. The van der Waals surface area contributed by atoms with E-state index < -0.39 is 11.8 Å². The number of carbonyl (C=O) groups is 2. The van der Waals surface area contributed by atoms with Gasteiger partial charge < -0.3 is 15.8 Å². The Balaban J connectivity index is 2.18. The molecule has 1 aromatic rings. The molecule has 0 saturated carbocycles. The number of nitrogens with zero attached hydrogens (tertiary/aromatic N) is 1. The highest BCUT2D eigenvalue weighted by Gasteiger charge is 2.23. The second-order valence-electron chi connectivity index (χ2n) is 3.47. The van der Waals surface area contributed by atoms with Gasteiger partial charge in [0.1, 0.15) is 5.69 Å². The minimum atomic E-state index is -0.664. The number of carbonyl (C=O) groups excluding carboxylic acids is 2. The summed E-state index contributed by atoms with van der Waals surface area (Å²) in [5, 5.41) is 2.69. The highest BCUT2D eigenvalue weighted by Crippen LogP contribution is 2.06. The number of aromatic nitrogens is 1. The summed E-state index contributed by atoms with van der Waals surface area (Å²) in [4.78, 5) is 26.7. The van der Waals surface area contributed by atoms with E-state index in [4.69, 9.17) is 10.5 Å². The normalized spacial score (nSPS) is 15.2. The molecule has 0 atom stereocenters. The van der Waals surface area contributed by atoms with E-state index >= 15 is 0 Å². The fourth-order valence-corrected chi connectivity index (χ4v) is 1.36. The summed E-state index contributed by atoms with van der Waals surface area (Å²) in [5.41, 5.74) is 5.33. The van der Waals surface area contributed by atoms with Crippen molar-refractivity contribution in [3.8, 4) is 0 Å². The summed E-state index contributed by atoms with van der Waals surface area (Å²) in [5.74, 6) is -1.06. The number of ether oxygens (including phenoxy) is 1. The van der Waals surface area contributed by atoms with Gasteiger partial charge in [-0.15, -0.1) is 0 Å². The highest BCUT2D eigenvalue weighted by atomic mass is 16.5.